The van der Waals surface area contributed by atoms with Gasteiger partial charge < -0.3 is 5.11 Å². The first-order valence-electron chi connectivity index (χ1n) is 8.72. The van der Waals surface area contributed by atoms with E-state index in [2.05, 4.69) is 37.9 Å². The molecule has 26 heavy (non-hydrogen) atoms. The summed E-state index contributed by atoms with van der Waals surface area (Å²) in [4.78, 5) is 10.6. The van der Waals surface area contributed by atoms with Gasteiger partial charge in [-0.3, -0.25) is 10.1 Å². The van der Waals surface area contributed by atoms with Gasteiger partial charge in [0.1, 0.15) is 11.4 Å². The predicted octanol–water partition coefficient (Wildman–Crippen LogP) is 6.65. The number of benzene rings is 2. The number of nitro benzene ring substituents is 1. The number of phenols is 1. The van der Waals surface area contributed by atoms with Crippen molar-refractivity contribution < 1.29 is 10.0 Å². The highest BCUT2D eigenvalue weighted by Crippen LogP contribution is 2.41. The van der Waals surface area contributed by atoms with Crippen LogP contribution in [0.2, 0.25) is 0 Å². The second-order valence-corrected chi connectivity index (χ2v) is 7.40. The van der Waals surface area contributed by atoms with Crippen LogP contribution in [0.15, 0.2) is 52.7 Å². The van der Waals surface area contributed by atoms with E-state index < -0.39 is 4.92 Å². The molecule has 0 aliphatic rings. The molecule has 2 aromatic carbocycles. The van der Waals surface area contributed by atoms with Gasteiger partial charge in [0.15, 0.2) is 5.69 Å². The summed E-state index contributed by atoms with van der Waals surface area (Å²) in [7, 11) is 0. The van der Waals surface area contributed by atoms with Crippen molar-refractivity contribution in [3.63, 3.8) is 0 Å². The first-order valence-corrected chi connectivity index (χ1v) is 8.72. The van der Waals surface area contributed by atoms with Gasteiger partial charge in [-0.15, -0.1) is 10.2 Å². The fourth-order valence-electron chi connectivity index (χ4n) is 3.04. The number of hydrogen-bond acceptors (Lipinski definition) is 5. The standard InChI is InChI=1S/C20H25N3O3/c1-5-8-15(20(2,3)4)14-11-12-19(24)17(13-14)22-21-16-9-6-7-10-18(16)23(25)26/h6-7,9-13,15,24H,5,8H2,1-4H3. The summed E-state index contributed by atoms with van der Waals surface area (Å²) >= 11 is 0. The van der Waals surface area contributed by atoms with Crippen LogP contribution in [0.25, 0.3) is 0 Å². The van der Waals surface area contributed by atoms with Crippen LogP contribution in [0.5, 0.6) is 5.75 Å². The summed E-state index contributed by atoms with van der Waals surface area (Å²) in [5, 5.41) is 29.3. The summed E-state index contributed by atoms with van der Waals surface area (Å²) in [6, 6.07) is 11.5. The Morgan fingerprint density at radius 1 is 1.12 bits per heavy atom. The maximum Gasteiger partial charge on any atom is 0.296 e. The van der Waals surface area contributed by atoms with Gasteiger partial charge in [0.25, 0.3) is 5.69 Å². The van der Waals surface area contributed by atoms with E-state index in [9.17, 15) is 15.2 Å². The summed E-state index contributed by atoms with van der Waals surface area (Å²) in [5.41, 5.74) is 1.49. The maximum atomic E-state index is 11.1. The zero-order valence-corrected chi connectivity index (χ0v) is 15.6. The van der Waals surface area contributed by atoms with Gasteiger partial charge in [-0.2, -0.15) is 0 Å². The van der Waals surface area contributed by atoms with Crippen molar-refractivity contribution in [2.24, 2.45) is 15.6 Å². The average Bonchev–Trinajstić information content (AvgIpc) is 2.58. The van der Waals surface area contributed by atoms with Crippen LogP contribution < -0.4 is 0 Å². The van der Waals surface area contributed by atoms with E-state index in [1.165, 1.54) is 12.1 Å². The molecule has 0 aliphatic heterocycles. The SMILES string of the molecule is CCCC(c1ccc(O)c(N=Nc2ccccc2[N+](=O)[O-])c1)C(C)(C)C. The number of azo groups is 1. The van der Waals surface area contributed by atoms with Gasteiger partial charge in [0.2, 0.25) is 0 Å². The van der Waals surface area contributed by atoms with Crippen LogP contribution in [0, 0.1) is 15.5 Å². The molecule has 6 nitrogen and oxygen atoms in total. The Morgan fingerprint density at radius 3 is 2.38 bits per heavy atom. The van der Waals surface area contributed by atoms with Crippen molar-refractivity contribution in [2.45, 2.75) is 46.5 Å². The molecule has 0 amide bonds. The van der Waals surface area contributed by atoms with Gasteiger partial charge >= 0.3 is 0 Å². The summed E-state index contributed by atoms with van der Waals surface area (Å²) in [6.07, 6.45) is 2.07. The Hall–Kier alpha value is -2.76. The van der Waals surface area contributed by atoms with Crippen molar-refractivity contribution in [2.75, 3.05) is 0 Å². The number of nitro groups is 1. The Kier molecular flexibility index (Phi) is 6.08. The molecule has 0 spiro atoms. The average molecular weight is 355 g/mol. The normalized spacial score (nSPS) is 13.1. The molecule has 0 saturated carbocycles. The second-order valence-electron chi connectivity index (χ2n) is 7.40. The molecule has 0 saturated heterocycles. The smallest absolute Gasteiger partial charge is 0.296 e. The third-order valence-electron chi connectivity index (χ3n) is 4.37. The zero-order valence-electron chi connectivity index (χ0n) is 15.6. The Balaban J connectivity index is 2.41. The highest BCUT2D eigenvalue weighted by atomic mass is 16.6. The minimum Gasteiger partial charge on any atom is -0.506 e. The summed E-state index contributed by atoms with van der Waals surface area (Å²) in [6.45, 7) is 8.71. The van der Waals surface area contributed by atoms with Crippen LogP contribution in [-0.4, -0.2) is 10.0 Å². The number of aromatic hydroxyl groups is 1. The molecule has 0 fully saturated rings. The van der Waals surface area contributed by atoms with Crippen LogP contribution in [0.4, 0.5) is 17.1 Å². The Morgan fingerprint density at radius 2 is 1.77 bits per heavy atom. The number of para-hydroxylation sites is 1. The van der Waals surface area contributed by atoms with E-state index in [1.54, 1.807) is 18.2 Å². The van der Waals surface area contributed by atoms with E-state index in [0.29, 0.717) is 11.6 Å². The lowest BCUT2D eigenvalue weighted by Gasteiger charge is -2.31. The van der Waals surface area contributed by atoms with Crippen LogP contribution in [0.3, 0.4) is 0 Å². The first-order chi connectivity index (χ1) is 12.2. The van der Waals surface area contributed by atoms with Gasteiger partial charge in [-0.1, -0.05) is 52.3 Å². The van der Waals surface area contributed by atoms with Gasteiger partial charge in [0, 0.05) is 6.07 Å². The van der Waals surface area contributed by atoms with E-state index in [1.807, 2.05) is 12.1 Å². The largest absolute Gasteiger partial charge is 0.506 e. The predicted molar refractivity (Wildman–Crippen MR) is 102 cm³/mol. The van der Waals surface area contributed by atoms with E-state index >= 15 is 0 Å². The summed E-state index contributed by atoms with van der Waals surface area (Å²) < 4.78 is 0. The van der Waals surface area contributed by atoms with Crippen LogP contribution in [0.1, 0.15) is 52.0 Å². The quantitative estimate of drug-likeness (QED) is 0.357. The number of nitrogens with zero attached hydrogens (tertiary/aromatic N) is 3. The molecular weight excluding hydrogens is 330 g/mol. The van der Waals surface area contributed by atoms with E-state index in [4.69, 9.17) is 0 Å². The fraction of sp³-hybridized carbons (Fsp3) is 0.400. The topological polar surface area (TPSA) is 88.1 Å². The Labute approximate surface area is 153 Å². The third kappa shape index (κ3) is 4.65. The highest BCUT2D eigenvalue weighted by molar-refractivity contribution is 5.58. The molecular formula is C20H25N3O3. The molecule has 0 radical (unpaired) electrons. The van der Waals surface area contributed by atoms with Crippen molar-refractivity contribution in [1.82, 2.24) is 0 Å². The number of phenolic OH excluding ortho intramolecular Hbond substituents is 1. The monoisotopic (exact) mass is 355 g/mol. The van der Waals surface area contributed by atoms with Crippen LogP contribution >= 0.6 is 0 Å². The van der Waals surface area contributed by atoms with Crippen LogP contribution in [-0.2, 0) is 0 Å². The lowest BCUT2D eigenvalue weighted by Crippen LogP contribution is -2.18. The molecule has 2 aromatic rings. The third-order valence-corrected chi connectivity index (χ3v) is 4.37. The molecule has 138 valence electrons. The Bertz CT molecular complexity index is 810. The van der Waals surface area contributed by atoms with Crippen molar-refractivity contribution >= 4 is 17.1 Å². The summed E-state index contributed by atoms with van der Waals surface area (Å²) in [5.74, 6) is 0.313. The molecule has 1 atom stereocenters. The lowest BCUT2D eigenvalue weighted by molar-refractivity contribution is -0.384. The molecule has 1 unspecified atom stereocenters. The lowest BCUT2D eigenvalue weighted by atomic mass is 9.74. The van der Waals surface area contributed by atoms with Crippen molar-refractivity contribution in [3.8, 4) is 5.75 Å². The molecule has 0 heterocycles. The second kappa shape index (κ2) is 8.08. The van der Waals surface area contributed by atoms with Gasteiger partial charge in [-0.25, -0.2) is 0 Å². The number of hydrogen-bond donors (Lipinski definition) is 1. The molecule has 6 heteroatoms. The zero-order chi connectivity index (χ0) is 19.3. The van der Waals surface area contributed by atoms with Gasteiger partial charge in [-0.05, 0) is 41.5 Å². The highest BCUT2D eigenvalue weighted by Gasteiger charge is 2.26. The molecule has 0 aromatic heterocycles. The number of rotatable bonds is 6. The van der Waals surface area contributed by atoms with Crippen molar-refractivity contribution in [3.05, 3.63) is 58.1 Å². The minimum atomic E-state index is -0.498. The van der Waals surface area contributed by atoms with E-state index in [0.717, 1.165) is 18.4 Å². The maximum absolute atomic E-state index is 11.1. The van der Waals surface area contributed by atoms with E-state index in [-0.39, 0.29) is 22.5 Å². The van der Waals surface area contributed by atoms with Gasteiger partial charge in [0.05, 0.1) is 4.92 Å². The fourth-order valence-corrected chi connectivity index (χ4v) is 3.04. The molecule has 0 aliphatic carbocycles. The van der Waals surface area contributed by atoms with Crippen molar-refractivity contribution in [1.29, 1.82) is 0 Å². The molecule has 2 rings (SSSR count). The molecule has 1 N–H and O–H groups in total. The molecule has 0 bridgehead atoms. The first kappa shape index (κ1) is 19.6. The minimum absolute atomic E-state index is 0.000224.